The lowest BCUT2D eigenvalue weighted by atomic mass is 10.1. The number of nitrogens with zero attached hydrogens (tertiary/aromatic N) is 1. The lowest BCUT2D eigenvalue weighted by molar-refractivity contribution is -0.142. The Hall–Kier alpha value is -3.12. The van der Waals surface area contributed by atoms with E-state index in [-0.39, 0.29) is 23.0 Å². The maximum Gasteiger partial charge on any atom is 0.328 e. The first-order chi connectivity index (χ1) is 13.0. The summed E-state index contributed by atoms with van der Waals surface area (Å²) in [6.07, 6.45) is 0.237. The van der Waals surface area contributed by atoms with E-state index in [9.17, 15) is 14.7 Å². The SMILES string of the molecule is COC(=O)[C@H](Cc1ccccc1)NC(=O)c1nc(Cl)c2ccccc2c1O. The fraction of sp³-hybridized carbons (Fsp3) is 0.150. The van der Waals surface area contributed by atoms with Crippen molar-refractivity contribution in [2.75, 3.05) is 7.11 Å². The van der Waals surface area contributed by atoms with Crippen molar-refractivity contribution in [1.29, 1.82) is 0 Å². The number of aromatic nitrogens is 1. The lowest BCUT2D eigenvalue weighted by Gasteiger charge is -2.17. The largest absolute Gasteiger partial charge is 0.505 e. The molecule has 1 atom stereocenters. The first-order valence-corrected chi connectivity index (χ1v) is 8.59. The molecule has 0 saturated carbocycles. The average molecular weight is 385 g/mol. The number of amides is 1. The third-order valence-corrected chi connectivity index (χ3v) is 4.42. The Balaban J connectivity index is 1.91. The molecule has 1 heterocycles. The monoisotopic (exact) mass is 384 g/mol. The molecule has 0 aliphatic rings. The van der Waals surface area contributed by atoms with E-state index in [1.54, 1.807) is 24.3 Å². The minimum atomic E-state index is -0.934. The number of halogens is 1. The van der Waals surface area contributed by atoms with Crippen LogP contribution in [0.15, 0.2) is 54.6 Å². The number of pyridine rings is 1. The van der Waals surface area contributed by atoms with Crippen LogP contribution in [0.3, 0.4) is 0 Å². The number of aromatic hydroxyl groups is 1. The van der Waals surface area contributed by atoms with E-state index in [2.05, 4.69) is 10.3 Å². The summed E-state index contributed by atoms with van der Waals surface area (Å²) >= 11 is 6.14. The predicted octanol–water partition coefficient (Wildman–Crippen LogP) is 3.11. The molecule has 0 saturated heterocycles. The number of esters is 1. The topological polar surface area (TPSA) is 88.5 Å². The number of hydrogen-bond acceptors (Lipinski definition) is 5. The van der Waals surface area contributed by atoms with Crippen LogP contribution in [0, 0.1) is 0 Å². The third-order valence-electron chi connectivity index (χ3n) is 4.13. The molecule has 0 bridgehead atoms. The highest BCUT2D eigenvalue weighted by Gasteiger charge is 2.26. The predicted molar refractivity (Wildman–Crippen MR) is 102 cm³/mol. The summed E-state index contributed by atoms with van der Waals surface area (Å²) in [4.78, 5) is 28.8. The zero-order valence-corrected chi connectivity index (χ0v) is 15.2. The number of benzene rings is 2. The Bertz CT molecular complexity index is 992. The van der Waals surface area contributed by atoms with E-state index < -0.39 is 17.9 Å². The summed E-state index contributed by atoms with van der Waals surface area (Å²) in [6.45, 7) is 0. The molecule has 27 heavy (non-hydrogen) atoms. The van der Waals surface area contributed by atoms with Crippen LogP contribution in [0.25, 0.3) is 10.8 Å². The highest BCUT2D eigenvalue weighted by Crippen LogP contribution is 2.31. The smallest absolute Gasteiger partial charge is 0.328 e. The molecule has 3 rings (SSSR count). The number of hydrogen-bond donors (Lipinski definition) is 2. The van der Waals surface area contributed by atoms with Crippen molar-refractivity contribution in [3.8, 4) is 5.75 Å². The molecule has 0 fully saturated rings. The number of nitrogens with one attached hydrogen (secondary N) is 1. The molecule has 1 aromatic heterocycles. The third kappa shape index (κ3) is 4.01. The van der Waals surface area contributed by atoms with Gasteiger partial charge in [0.1, 0.15) is 11.2 Å². The number of carbonyl (C=O) groups excluding carboxylic acids is 2. The highest BCUT2D eigenvalue weighted by atomic mass is 35.5. The summed E-state index contributed by atoms with van der Waals surface area (Å²) in [5.41, 5.74) is 0.600. The average Bonchev–Trinajstić information content (AvgIpc) is 2.70. The van der Waals surface area contributed by atoms with E-state index >= 15 is 0 Å². The molecular weight excluding hydrogens is 368 g/mol. The van der Waals surface area contributed by atoms with Gasteiger partial charge in [-0.15, -0.1) is 0 Å². The molecule has 2 aromatic carbocycles. The van der Waals surface area contributed by atoms with Crippen LogP contribution >= 0.6 is 11.6 Å². The fourth-order valence-electron chi connectivity index (χ4n) is 2.78. The lowest BCUT2D eigenvalue weighted by Crippen LogP contribution is -2.43. The zero-order valence-electron chi connectivity index (χ0n) is 14.5. The van der Waals surface area contributed by atoms with Gasteiger partial charge in [-0.2, -0.15) is 0 Å². The van der Waals surface area contributed by atoms with Crippen molar-refractivity contribution >= 4 is 34.2 Å². The van der Waals surface area contributed by atoms with Crippen LogP contribution in [-0.4, -0.2) is 35.1 Å². The van der Waals surface area contributed by atoms with Gasteiger partial charge in [0.05, 0.1) is 7.11 Å². The highest BCUT2D eigenvalue weighted by molar-refractivity contribution is 6.34. The molecule has 0 spiro atoms. The molecule has 3 aromatic rings. The van der Waals surface area contributed by atoms with E-state index in [0.717, 1.165) is 5.56 Å². The van der Waals surface area contributed by atoms with Gasteiger partial charge in [-0.25, -0.2) is 9.78 Å². The fourth-order valence-corrected chi connectivity index (χ4v) is 3.03. The van der Waals surface area contributed by atoms with Gasteiger partial charge < -0.3 is 15.2 Å². The van der Waals surface area contributed by atoms with Gasteiger partial charge in [0, 0.05) is 17.2 Å². The Morgan fingerprint density at radius 3 is 2.41 bits per heavy atom. The van der Waals surface area contributed by atoms with Crippen LogP contribution in [0.2, 0.25) is 5.15 Å². The Morgan fingerprint density at radius 2 is 1.74 bits per heavy atom. The quantitative estimate of drug-likeness (QED) is 0.521. The molecule has 0 aliphatic heterocycles. The van der Waals surface area contributed by atoms with Crippen LogP contribution in [0.4, 0.5) is 0 Å². The second kappa shape index (κ2) is 8.05. The Kier molecular flexibility index (Phi) is 5.57. The van der Waals surface area contributed by atoms with E-state index in [1.165, 1.54) is 7.11 Å². The summed E-state index contributed by atoms with van der Waals surface area (Å²) in [5.74, 6) is -1.61. The number of carbonyl (C=O) groups is 2. The van der Waals surface area contributed by atoms with Crippen molar-refractivity contribution in [3.05, 3.63) is 71.0 Å². The summed E-state index contributed by atoms with van der Waals surface area (Å²) in [5, 5.41) is 14.0. The number of fused-ring (bicyclic) bond motifs is 1. The summed E-state index contributed by atoms with van der Waals surface area (Å²) in [6, 6.07) is 15.1. The molecule has 0 radical (unpaired) electrons. The van der Waals surface area contributed by atoms with Gasteiger partial charge in [-0.05, 0) is 5.56 Å². The van der Waals surface area contributed by atoms with Gasteiger partial charge in [0.2, 0.25) is 0 Å². The normalized spacial score (nSPS) is 11.8. The number of rotatable bonds is 5. The Morgan fingerprint density at radius 1 is 1.11 bits per heavy atom. The first kappa shape index (κ1) is 18.7. The zero-order chi connectivity index (χ0) is 19.4. The standard InChI is InChI=1S/C20H17ClN2O4/c1-27-20(26)15(11-12-7-3-2-4-8-12)22-19(25)16-17(24)13-9-5-6-10-14(13)18(21)23-16/h2-10,15,24H,11H2,1H3,(H,22,25)/t15-/m0/s1. The molecule has 138 valence electrons. The molecule has 2 N–H and O–H groups in total. The van der Waals surface area contributed by atoms with Gasteiger partial charge in [0.25, 0.3) is 5.91 Å². The van der Waals surface area contributed by atoms with Crippen molar-refractivity contribution in [2.45, 2.75) is 12.5 Å². The molecule has 6 nitrogen and oxygen atoms in total. The number of methoxy groups -OCH3 is 1. The van der Waals surface area contributed by atoms with Gasteiger partial charge >= 0.3 is 5.97 Å². The van der Waals surface area contributed by atoms with Crippen molar-refractivity contribution in [2.24, 2.45) is 0 Å². The molecule has 0 unspecified atom stereocenters. The van der Waals surface area contributed by atoms with Crippen LogP contribution < -0.4 is 5.32 Å². The van der Waals surface area contributed by atoms with Gasteiger partial charge in [0.15, 0.2) is 11.4 Å². The first-order valence-electron chi connectivity index (χ1n) is 8.21. The summed E-state index contributed by atoms with van der Waals surface area (Å²) < 4.78 is 4.78. The second-order valence-electron chi connectivity index (χ2n) is 5.88. The van der Waals surface area contributed by atoms with E-state index in [1.807, 2.05) is 30.3 Å². The second-order valence-corrected chi connectivity index (χ2v) is 6.24. The van der Waals surface area contributed by atoms with Gasteiger partial charge in [-0.1, -0.05) is 66.2 Å². The molecule has 0 aliphatic carbocycles. The van der Waals surface area contributed by atoms with Crippen LogP contribution in [-0.2, 0) is 16.0 Å². The van der Waals surface area contributed by atoms with Crippen LogP contribution in [0.5, 0.6) is 5.75 Å². The molecule has 7 heteroatoms. The Labute approximate surface area is 160 Å². The number of ether oxygens (including phenoxy) is 1. The molecule has 1 amide bonds. The van der Waals surface area contributed by atoms with E-state index in [0.29, 0.717) is 10.8 Å². The minimum Gasteiger partial charge on any atom is -0.505 e. The van der Waals surface area contributed by atoms with E-state index in [4.69, 9.17) is 16.3 Å². The van der Waals surface area contributed by atoms with Gasteiger partial charge in [-0.3, -0.25) is 4.79 Å². The summed E-state index contributed by atoms with van der Waals surface area (Å²) in [7, 11) is 1.25. The van der Waals surface area contributed by atoms with Crippen molar-refractivity contribution in [3.63, 3.8) is 0 Å². The van der Waals surface area contributed by atoms with Crippen LogP contribution in [0.1, 0.15) is 16.1 Å². The maximum absolute atomic E-state index is 12.7. The minimum absolute atomic E-state index is 0.0891. The molecular formula is C20H17ClN2O4. The van der Waals surface area contributed by atoms with Crippen molar-refractivity contribution in [1.82, 2.24) is 10.3 Å². The van der Waals surface area contributed by atoms with Crippen molar-refractivity contribution < 1.29 is 19.4 Å². The maximum atomic E-state index is 12.7.